The van der Waals surface area contributed by atoms with Crippen LogP contribution in [0.2, 0.25) is 0 Å². The number of nitrogens with zero attached hydrogens (tertiary/aromatic N) is 1. The standard InChI is InChI=1S/C17H28N2/c1-4-17(15-10-8-14(2)9-11-15)18-13-16-7-5-6-12-19(16)3/h8-11,16-18H,4-7,12-13H2,1-3H3. The number of rotatable bonds is 5. The van der Waals surface area contributed by atoms with Crippen LogP contribution in [0.4, 0.5) is 0 Å². The molecule has 0 amide bonds. The van der Waals surface area contributed by atoms with Gasteiger partial charge in [-0.25, -0.2) is 0 Å². The van der Waals surface area contributed by atoms with Gasteiger partial charge in [0.1, 0.15) is 0 Å². The van der Waals surface area contributed by atoms with Gasteiger partial charge in [-0.05, 0) is 45.3 Å². The maximum Gasteiger partial charge on any atom is 0.0318 e. The highest BCUT2D eigenvalue weighted by atomic mass is 15.2. The zero-order valence-electron chi connectivity index (χ0n) is 12.7. The maximum atomic E-state index is 3.76. The molecule has 1 aromatic rings. The first-order valence-corrected chi connectivity index (χ1v) is 7.71. The second kappa shape index (κ2) is 7.06. The Hall–Kier alpha value is -0.860. The zero-order chi connectivity index (χ0) is 13.7. The molecule has 1 aromatic carbocycles. The molecule has 2 atom stereocenters. The van der Waals surface area contributed by atoms with Gasteiger partial charge in [0.15, 0.2) is 0 Å². The number of likely N-dealkylation sites (tertiary alicyclic amines) is 1. The van der Waals surface area contributed by atoms with E-state index < -0.39 is 0 Å². The van der Waals surface area contributed by atoms with Crippen LogP contribution in [0.5, 0.6) is 0 Å². The third-order valence-electron chi connectivity index (χ3n) is 4.41. The van der Waals surface area contributed by atoms with Crippen molar-refractivity contribution in [3.63, 3.8) is 0 Å². The summed E-state index contributed by atoms with van der Waals surface area (Å²) in [5, 5.41) is 3.76. The molecule has 2 nitrogen and oxygen atoms in total. The van der Waals surface area contributed by atoms with Gasteiger partial charge in [-0.15, -0.1) is 0 Å². The Morgan fingerprint density at radius 1 is 1.26 bits per heavy atom. The topological polar surface area (TPSA) is 15.3 Å². The molecule has 2 rings (SSSR count). The molecule has 1 aliphatic rings. The predicted octanol–water partition coefficient (Wildman–Crippen LogP) is 3.52. The highest BCUT2D eigenvalue weighted by Gasteiger charge is 2.19. The first kappa shape index (κ1) is 14.5. The van der Waals surface area contributed by atoms with Crippen LogP contribution >= 0.6 is 0 Å². The minimum atomic E-state index is 0.496. The molecular weight excluding hydrogens is 232 g/mol. The Kier molecular flexibility index (Phi) is 5.41. The third kappa shape index (κ3) is 4.05. The number of benzene rings is 1. The van der Waals surface area contributed by atoms with E-state index in [1.807, 2.05) is 0 Å². The number of hydrogen-bond donors (Lipinski definition) is 1. The number of nitrogens with one attached hydrogen (secondary N) is 1. The van der Waals surface area contributed by atoms with Crippen LogP contribution in [-0.2, 0) is 0 Å². The Labute approximate surface area is 118 Å². The zero-order valence-corrected chi connectivity index (χ0v) is 12.7. The number of hydrogen-bond acceptors (Lipinski definition) is 2. The molecule has 1 aliphatic heterocycles. The van der Waals surface area contributed by atoms with Crippen molar-refractivity contribution in [2.24, 2.45) is 0 Å². The quantitative estimate of drug-likeness (QED) is 0.871. The molecule has 0 saturated carbocycles. The Bertz CT molecular complexity index is 371. The van der Waals surface area contributed by atoms with E-state index in [1.165, 1.54) is 36.9 Å². The van der Waals surface area contributed by atoms with Crippen molar-refractivity contribution in [2.75, 3.05) is 20.1 Å². The van der Waals surface area contributed by atoms with Crippen LogP contribution in [0.3, 0.4) is 0 Å². The molecule has 2 unspecified atom stereocenters. The molecule has 0 aliphatic carbocycles. The lowest BCUT2D eigenvalue weighted by atomic mass is 10.00. The minimum Gasteiger partial charge on any atom is -0.308 e. The molecule has 2 heteroatoms. The largest absolute Gasteiger partial charge is 0.308 e. The second-order valence-corrected chi connectivity index (χ2v) is 5.91. The molecule has 0 bridgehead atoms. The van der Waals surface area contributed by atoms with Crippen molar-refractivity contribution < 1.29 is 0 Å². The maximum absolute atomic E-state index is 3.76. The predicted molar refractivity (Wildman–Crippen MR) is 82.5 cm³/mol. The molecule has 1 N–H and O–H groups in total. The average Bonchev–Trinajstić information content (AvgIpc) is 2.43. The summed E-state index contributed by atoms with van der Waals surface area (Å²) >= 11 is 0. The summed E-state index contributed by atoms with van der Waals surface area (Å²) in [6.07, 6.45) is 5.24. The summed E-state index contributed by atoms with van der Waals surface area (Å²) in [4.78, 5) is 2.51. The fourth-order valence-corrected chi connectivity index (χ4v) is 2.98. The summed E-state index contributed by atoms with van der Waals surface area (Å²) in [6.45, 7) is 6.79. The lowest BCUT2D eigenvalue weighted by Crippen LogP contribution is -2.43. The molecule has 0 aromatic heterocycles. The molecular formula is C17H28N2. The van der Waals surface area contributed by atoms with E-state index in [-0.39, 0.29) is 0 Å². The van der Waals surface area contributed by atoms with Gasteiger partial charge in [0.25, 0.3) is 0 Å². The van der Waals surface area contributed by atoms with Gasteiger partial charge in [0.2, 0.25) is 0 Å². The Morgan fingerprint density at radius 3 is 2.63 bits per heavy atom. The fraction of sp³-hybridized carbons (Fsp3) is 0.647. The molecule has 1 fully saturated rings. The molecule has 106 valence electrons. The van der Waals surface area contributed by atoms with Crippen LogP contribution in [0.25, 0.3) is 0 Å². The third-order valence-corrected chi connectivity index (χ3v) is 4.41. The van der Waals surface area contributed by atoms with Crippen molar-refractivity contribution in [1.29, 1.82) is 0 Å². The Balaban J connectivity index is 1.90. The van der Waals surface area contributed by atoms with Crippen molar-refractivity contribution in [2.45, 2.75) is 51.6 Å². The van der Waals surface area contributed by atoms with E-state index in [4.69, 9.17) is 0 Å². The smallest absolute Gasteiger partial charge is 0.0318 e. The van der Waals surface area contributed by atoms with Gasteiger partial charge in [0.05, 0.1) is 0 Å². The van der Waals surface area contributed by atoms with Crippen molar-refractivity contribution in [3.8, 4) is 0 Å². The number of piperidine rings is 1. The van der Waals surface area contributed by atoms with Gasteiger partial charge < -0.3 is 10.2 Å². The van der Waals surface area contributed by atoms with Crippen LogP contribution in [0.15, 0.2) is 24.3 Å². The average molecular weight is 260 g/mol. The second-order valence-electron chi connectivity index (χ2n) is 5.91. The Morgan fingerprint density at radius 2 is 2.00 bits per heavy atom. The van der Waals surface area contributed by atoms with Crippen molar-refractivity contribution >= 4 is 0 Å². The summed E-state index contributed by atoms with van der Waals surface area (Å²) in [5.41, 5.74) is 2.76. The summed E-state index contributed by atoms with van der Waals surface area (Å²) in [6, 6.07) is 10.2. The van der Waals surface area contributed by atoms with Gasteiger partial charge in [0, 0.05) is 18.6 Å². The monoisotopic (exact) mass is 260 g/mol. The number of aryl methyl sites for hydroxylation is 1. The summed E-state index contributed by atoms with van der Waals surface area (Å²) < 4.78 is 0. The SMILES string of the molecule is CCC(NCC1CCCCN1C)c1ccc(C)cc1. The minimum absolute atomic E-state index is 0.496. The summed E-state index contributed by atoms with van der Waals surface area (Å²) in [5.74, 6) is 0. The molecule has 0 radical (unpaired) electrons. The number of likely N-dealkylation sites (N-methyl/N-ethyl adjacent to an activating group) is 1. The van der Waals surface area contributed by atoms with E-state index in [9.17, 15) is 0 Å². The molecule has 1 saturated heterocycles. The normalized spacial score (nSPS) is 22.4. The van der Waals surface area contributed by atoms with E-state index >= 15 is 0 Å². The first-order valence-electron chi connectivity index (χ1n) is 7.71. The van der Waals surface area contributed by atoms with Crippen LogP contribution in [0, 0.1) is 6.92 Å². The molecule has 19 heavy (non-hydrogen) atoms. The van der Waals surface area contributed by atoms with E-state index in [2.05, 4.69) is 55.4 Å². The van der Waals surface area contributed by atoms with Gasteiger partial charge >= 0.3 is 0 Å². The fourth-order valence-electron chi connectivity index (χ4n) is 2.98. The van der Waals surface area contributed by atoms with Gasteiger partial charge in [-0.1, -0.05) is 43.2 Å². The lowest BCUT2D eigenvalue weighted by Gasteiger charge is -2.33. The van der Waals surface area contributed by atoms with Gasteiger partial charge in [-0.3, -0.25) is 0 Å². The lowest BCUT2D eigenvalue weighted by molar-refractivity contribution is 0.177. The van der Waals surface area contributed by atoms with E-state index in [1.54, 1.807) is 0 Å². The summed E-state index contributed by atoms with van der Waals surface area (Å²) in [7, 11) is 2.26. The van der Waals surface area contributed by atoms with E-state index in [0.717, 1.165) is 13.0 Å². The van der Waals surface area contributed by atoms with Crippen molar-refractivity contribution in [1.82, 2.24) is 10.2 Å². The highest BCUT2D eigenvalue weighted by Crippen LogP contribution is 2.19. The van der Waals surface area contributed by atoms with Crippen LogP contribution < -0.4 is 5.32 Å². The molecule has 1 heterocycles. The van der Waals surface area contributed by atoms with E-state index in [0.29, 0.717) is 12.1 Å². The highest BCUT2D eigenvalue weighted by molar-refractivity contribution is 5.24. The first-order chi connectivity index (χ1) is 9.20. The van der Waals surface area contributed by atoms with Gasteiger partial charge in [-0.2, -0.15) is 0 Å². The molecule has 0 spiro atoms. The van der Waals surface area contributed by atoms with Crippen LogP contribution in [-0.4, -0.2) is 31.1 Å². The van der Waals surface area contributed by atoms with Crippen molar-refractivity contribution in [3.05, 3.63) is 35.4 Å². The van der Waals surface area contributed by atoms with Crippen LogP contribution in [0.1, 0.15) is 49.8 Å².